The monoisotopic (exact) mass is 291 g/mol. The molecule has 1 N–H and O–H groups in total. The van der Waals surface area contributed by atoms with Crippen LogP contribution in [0.4, 0.5) is 8.78 Å². The number of rotatable bonds is 6. The fraction of sp³-hybridized carbons (Fsp3) is 0.294. The lowest BCUT2D eigenvalue weighted by atomic mass is 10.1. The molecule has 2 aromatic rings. The summed E-state index contributed by atoms with van der Waals surface area (Å²) < 4.78 is 32.4. The average Bonchev–Trinajstić information content (AvgIpc) is 2.46. The van der Waals surface area contributed by atoms with Crippen LogP contribution in [0.3, 0.4) is 0 Å². The van der Waals surface area contributed by atoms with Crippen LogP contribution in [-0.4, -0.2) is 13.2 Å². The molecule has 0 saturated carbocycles. The zero-order valence-electron chi connectivity index (χ0n) is 12.2. The molecule has 2 aromatic carbocycles. The lowest BCUT2D eigenvalue weighted by Crippen LogP contribution is -2.25. The third-order valence-corrected chi connectivity index (χ3v) is 3.26. The minimum absolute atomic E-state index is 0.276. The molecule has 0 amide bonds. The van der Waals surface area contributed by atoms with Crippen LogP contribution in [0.1, 0.15) is 24.1 Å². The van der Waals surface area contributed by atoms with Crippen molar-refractivity contribution in [3.05, 3.63) is 65.2 Å². The largest absolute Gasteiger partial charge is 0.492 e. The zero-order chi connectivity index (χ0) is 15.2. The maximum absolute atomic E-state index is 13.6. The van der Waals surface area contributed by atoms with Gasteiger partial charge in [-0.05, 0) is 37.6 Å². The molecule has 0 aliphatic carbocycles. The van der Waals surface area contributed by atoms with E-state index in [2.05, 4.69) is 5.32 Å². The van der Waals surface area contributed by atoms with E-state index in [9.17, 15) is 8.78 Å². The molecule has 0 heterocycles. The Morgan fingerprint density at radius 2 is 1.90 bits per heavy atom. The molecule has 2 rings (SSSR count). The van der Waals surface area contributed by atoms with Crippen LogP contribution >= 0.6 is 0 Å². The van der Waals surface area contributed by atoms with E-state index < -0.39 is 11.6 Å². The van der Waals surface area contributed by atoms with Gasteiger partial charge < -0.3 is 10.1 Å². The Morgan fingerprint density at radius 1 is 1.14 bits per heavy atom. The van der Waals surface area contributed by atoms with Crippen molar-refractivity contribution in [2.24, 2.45) is 0 Å². The summed E-state index contributed by atoms with van der Waals surface area (Å²) in [5.41, 5.74) is 1.46. The molecule has 0 fully saturated rings. The first-order valence-electron chi connectivity index (χ1n) is 6.94. The Bertz CT molecular complexity index is 601. The summed E-state index contributed by atoms with van der Waals surface area (Å²) in [6.07, 6.45) is 0. The minimum atomic E-state index is -0.822. The van der Waals surface area contributed by atoms with E-state index in [4.69, 9.17) is 4.74 Å². The molecule has 0 saturated heterocycles. The quantitative estimate of drug-likeness (QED) is 0.812. The van der Waals surface area contributed by atoms with Gasteiger partial charge in [0, 0.05) is 18.2 Å². The highest BCUT2D eigenvalue weighted by atomic mass is 19.2. The molecule has 21 heavy (non-hydrogen) atoms. The third kappa shape index (κ3) is 4.26. The zero-order valence-corrected chi connectivity index (χ0v) is 12.2. The predicted octanol–water partition coefficient (Wildman–Crippen LogP) is 4.00. The van der Waals surface area contributed by atoms with Gasteiger partial charge in [0.25, 0.3) is 0 Å². The normalized spacial score (nSPS) is 12.2. The van der Waals surface area contributed by atoms with Crippen LogP contribution in [0.5, 0.6) is 5.75 Å². The van der Waals surface area contributed by atoms with Gasteiger partial charge in [0.15, 0.2) is 11.6 Å². The lowest BCUT2D eigenvalue weighted by molar-refractivity contribution is 0.306. The molecule has 0 aliphatic heterocycles. The van der Waals surface area contributed by atoms with Gasteiger partial charge in [0.1, 0.15) is 12.4 Å². The Labute approximate surface area is 123 Å². The summed E-state index contributed by atoms with van der Waals surface area (Å²) in [4.78, 5) is 0. The first-order chi connectivity index (χ1) is 10.1. The van der Waals surface area contributed by atoms with Crippen molar-refractivity contribution in [1.82, 2.24) is 5.32 Å². The number of hydrogen-bond acceptors (Lipinski definition) is 2. The van der Waals surface area contributed by atoms with Crippen LogP contribution in [0.2, 0.25) is 0 Å². The van der Waals surface area contributed by atoms with E-state index in [1.54, 1.807) is 13.0 Å². The SMILES string of the molecule is Cc1cccc(OCCNC(C)c2cccc(F)c2F)c1. The molecule has 0 radical (unpaired) electrons. The molecular formula is C17H19F2NO. The fourth-order valence-electron chi connectivity index (χ4n) is 2.11. The van der Waals surface area contributed by atoms with Gasteiger partial charge in [-0.25, -0.2) is 8.78 Å². The summed E-state index contributed by atoms with van der Waals surface area (Å²) in [5.74, 6) is -0.810. The molecule has 2 nitrogen and oxygen atoms in total. The third-order valence-electron chi connectivity index (χ3n) is 3.26. The van der Waals surface area contributed by atoms with Gasteiger partial charge in [-0.15, -0.1) is 0 Å². The molecule has 0 bridgehead atoms. The molecule has 1 unspecified atom stereocenters. The number of benzene rings is 2. The van der Waals surface area contributed by atoms with Crippen LogP contribution in [0.15, 0.2) is 42.5 Å². The van der Waals surface area contributed by atoms with Crippen molar-refractivity contribution >= 4 is 0 Å². The topological polar surface area (TPSA) is 21.3 Å². The summed E-state index contributed by atoms with van der Waals surface area (Å²) >= 11 is 0. The summed E-state index contributed by atoms with van der Waals surface area (Å²) in [5, 5.41) is 3.12. The smallest absolute Gasteiger partial charge is 0.163 e. The molecular weight excluding hydrogens is 272 g/mol. The van der Waals surface area contributed by atoms with E-state index in [1.807, 2.05) is 31.2 Å². The number of nitrogens with one attached hydrogen (secondary N) is 1. The average molecular weight is 291 g/mol. The molecule has 0 aromatic heterocycles. The number of aryl methyl sites for hydroxylation is 1. The van der Waals surface area contributed by atoms with Crippen molar-refractivity contribution in [3.63, 3.8) is 0 Å². The van der Waals surface area contributed by atoms with Gasteiger partial charge in [-0.3, -0.25) is 0 Å². The van der Waals surface area contributed by atoms with Crippen molar-refractivity contribution in [3.8, 4) is 5.75 Å². The first-order valence-corrected chi connectivity index (χ1v) is 6.94. The minimum Gasteiger partial charge on any atom is -0.492 e. The van der Waals surface area contributed by atoms with Crippen LogP contribution in [0.25, 0.3) is 0 Å². The summed E-state index contributed by atoms with van der Waals surface area (Å²) in [7, 11) is 0. The second kappa shape index (κ2) is 7.18. The molecule has 0 aliphatic rings. The predicted molar refractivity (Wildman–Crippen MR) is 79.4 cm³/mol. The van der Waals surface area contributed by atoms with Gasteiger partial charge in [0.05, 0.1) is 0 Å². The van der Waals surface area contributed by atoms with E-state index in [0.717, 1.165) is 17.4 Å². The summed E-state index contributed by atoms with van der Waals surface area (Å²) in [6.45, 7) is 4.81. The van der Waals surface area contributed by atoms with Gasteiger partial charge >= 0.3 is 0 Å². The highest BCUT2D eigenvalue weighted by molar-refractivity contribution is 5.27. The fourth-order valence-corrected chi connectivity index (χ4v) is 2.11. The van der Waals surface area contributed by atoms with Gasteiger partial charge in [0.2, 0.25) is 0 Å². The second-order valence-electron chi connectivity index (χ2n) is 4.98. The molecule has 1 atom stereocenters. The van der Waals surface area contributed by atoms with E-state index in [1.165, 1.54) is 6.07 Å². The maximum Gasteiger partial charge on any atom is 0.163 e. The Balaban J connectivity index is 1.82. The van der Waals surface area contributed by atoms with Crippen molar-refractivity contribution in [2.45, 2.75) is 19.9 Å². The van der Waals surface area contributed by atoms with Crippen molar-refractivity contribution in [2.75, 3.05) is 13.2 Å². The molecule has 0 spiro atoms. The Morgan fingerprint density at radius 3 is 2.67 bits per heavy atom. The Hall–Kier alpha value is -1.94. The van der Waals surface area contributed by atoms with Gasteiger partial charge in [-0.1, -0.05) is 24.3 Å². The standard InChI is InChI=1S/C17H19F2NO/c1-12-5-3-6-14(11-12)21-10-9-20-13(2)15-7-4-8-16(18)17(15)19/h3-8,11,13,20H,9-10H2,1-2H3. The highest BCUT2D eigenvalue weighted by Gasteiger charge is 2.13. The maximum atomic E-state index is 13.6. The van der Waals surface area contributed by atoms with Gasteiger partial charge in [-0.2, -0.15) is 0 Å². The van der Waals surface area contributed by atoms with E-state index in [-0.39, 0.29) is 6.04 Å². The van der Waals surface area contributed by atoms with Crippen LogP contribution < -0.4 is 10.1 Å². The van der Waals surface area contributed by atoms with Crippen molar-refractivity contribution < 1.29 is 13.5 Å². The van der Waals surface area contributed by atoms with Crippen molar-refractivity contribution in [1.29, 1.82) is 0 Å². The molecule has 112 valence electrons. The molecule has 4 heteroatoms. The highest BCUT2D eigenvalue weighted by Crippen LogP contribution is 2.18. The number of ether oxygens (including phenoxy) is 1. The Kier molecular flexibility index (Phi) is 5.28. The number of halogens is 2. The summed E-state index contributed by atoms with van der Waals surface area (Å²) in [6, 6.07) is 11.7. The second-order valence-corrected chi connectivity index (χ2v) is 4.98. The first kappa shape index (κ1) is 15.4. The van der Waals surface area contributed by atoms with E-state index >= 15 is 0 Å². The van der Waals surface area contributed by atoms with Crippen LogP contribution in [-0.2, 0) is 0 Å². The van der Waals surface area contributed by atoms with E-state index in [0.29, 0.717) is 18.7 Å². The van der Waals surface area contributed by atoms with Crippen LogP contribution in [0, 0.1) is 18.6 Å². The lowest BCUT2D eigenvalue weighted by Gasteiger charge is -2.15. The number of hydrogen-bond donors (Lipinski definition) is 1.